The molecule has 7 nitrogen and oxygen atoms in total. The van der Waals surface area contributed by atoms with Crippen LogP contribution in [-0.4, -0.2) is 47.4 Å². The van der Waals surface area contributed by atoms with Crippen LogP contribution in [0.4, 0.5) is 0 Å². The van der Waals surface area contributed by atoms with Crippen molar-refractivity contribution in [2.24, 2.45) is 0 Å². The van der Waals surface area contributed by atoms with Gasteiger partial charge in [-0.3, -0.25) is 0 Å². The largest absolute Gasteiger partial charge is 0.497 e. The highest BCUT2D eigenvalue weighted by atomic mass is 32.2. The Balaban J connectivity index is 1.64. The molecule has 0 radical (unpaired) electrons. The molecule has 1 heterocycles. The summed E-state index contributed by atoms with van der Waals surface area (Å²) < 4.78 is 59.7. The molecule has 0 saturated carbocycles. The van der Waals surface area contributed by atoms with Gasteiger partial charge in [-0.15, -0.1) is 0 Å². The monoisotopic (exact) mass is 424 g/mol. The van der Waals surface area contributed by atoms with Crippen LogP contribution in [0.3, 0.4) is 0 Å². The molecule has 28 heavy (non-hydrogen) atoms. The van der Waals surface area contributed by atoms with E-state index in [1.54, 1.807) is 36.4 Å². The lowest BCUT2D eigenvalue weighted by molar-refractivity contribution is 0.308. The Labute approximate surface area is 166 Å². The van der Waals surface area contributed by atoms with Gasteiger partial charge in [-0.25, -0.2) is 21.6 Å². The van der Waals surface area contributed by atoms with Crippen molar-refractivity contribution in [2.75, 3.05) is 20.2 Å². The minimum absolute atomic E-state index is 0.201. The fourth-order valence-corrected chi connectivity index (χ4v) is 5.89. The van der Waals surface area contributed by atoms with Crippen LogP contribution in [0.2, 0.25) is 0 Å². The van der Waals surface area contributed by atoms with Crippen LogP contribution in [0.5, 0.6) is 5.75 Å². The van der Waals surface area contributed by atoms with Crippen LogP contribution >= 0.6 is 0 Å². The van der Waals surface area contributed by atoms with Gasteiger partial charge in [0, 0.05) is 19.1 Å². The van der Waals surface area contributed by atoms with Crippen LogP contribution in [0.15, 0.2) is 58.3 Å². The Morgan fingerprint density at radius 2 is 1.43 bits per heavy atom. The Bertz CT molecular complexity index is 1010. The first-order valence-electron chi connectivity index (χ1n) is 8.95. The van der Waals surface area contributed by atoms with Gasteiger partial charge in [-0.05, 0) is 56.2 Å². The molecule has 2 aromatic rings. The summed E-state index contributed by atoms with van der Waals surface area (Å²) in [6.07, 6.45) is 0.834. The van der Waals surface area contributed by atoms with E-state index in [-0.39, 0.29) is 28.9 Å². The molecule has 1 aliphatic heterocycles. The van der Waals surface area contributed by atoms with Gasteiger partial charge in [0.25, 0.3) is 0 Å². The number of sulfonamides is 2. The second-order valence-corrected chi connectivity index (χ2v) is 10.4. The van der Waals surface area contributed by atoms with E-state index in [2.05, 4.69) is 4.72 Å². The van der Waals surface area contributed by atoms with Crippen LogP contribution in [0.25, 0.3) is 0 Å². The fraction of sp³-hybridized carbons (Fsp3) is 0.368. The van der Waals surface area contributed by atoms with E-state index in [0.29, 0.717) is 18.6 Å². The average molecular weight is 425 g/mol. The topological polar surface area (TPSA) is 92.8 Å². The van der Waals surface area contributed by atoms with Crippen LogP contribution in [-0.2, 0) is 20.0 Å². The van der Waals surface area contributed by atoms with Gasteiger partial charge in [-0.2, -0.15) is 4.31 Å². The van der Waals surface area contributed by atoms with Crippen molar-refractivity contribution >= 4 is 20.0 Å². The summed E-state index contributed by atoms with van der Waals surface area (Å²) in [5.74, 6) is 0.586. The Kier molecular flexibility index (Phi) is 6.09. The van der Waals surface area contributed by atoms with Crippen LogP contribution < -0.4 is 9.46 Å². The highest BCUT2D eigenvalue weighted by Crippen LogP contribution is 2.23. The molecule has 0 aromatic heterocycles. The predicted molar refractivity (Wildman–Crippen MR) is 106 cm³/mol. The van der Waals surface area contributed by atoms with Crippen molar-refractivity contribution in [3.05, 3.63) is 54.1 Å². The van der Waals surface area contributed by atoms with Gasteiger partial charge in [0.1, 0.15) is 5.75 Å². The summed E-state index contributed by atoms with van der Waals surface area (Å²) in [7, 11) is -5.71. The first kappa shape index (κ1) is 20.8. The molecule has 0 spiro atoms. The van der Waals surface area contributed by atoms with Gasteiger partial charge in [0.2, 0.25) is 20.0 Å². The molecule has 1 saturated heterocycles. The summed E-state index contributed by atoms with van der Waals surface area (Å²) in [5.41, 5.74) is 0.982. The Morgan fingerprint density at radius 1 is 0.893 bits per heavy atom. The van der Waals surface area contributed by atoms with Gasteiger partial charge < -0.3 is 4.74 Å². The second-order valence-electron chi connectivity index (χ2n) is 6.79. The molecule has 0 unspecified atom stereocenters. The first-order valence-corrected chi connectivity index (χ1v) is 11.9. The first-order chi connectivity index (χ1) is 13.2. The average Bonchev–Trinajstić information content (AvgIpc) is 2.68. The zero-order valence-corrected chi connectivity index (χ0v) is 17.5. The van der Waals surface area contributed by atoms with Crippen molar-refractivity contribution in [3.63, 3.8) is 0 Å². The van der Waals surface area contributed by atoms with Gasteiger partial charge in [0.05, 0.1) is 16.9 Å². The molecule has 2 aromatic carbocycles. The molecule has 0 aliphatic carbocycles. The maximum atomic E-state index is 12.8. The molecule has 0 amide bonds. The zero-order valence-electron chi connectivity index (χ0n) is 15.8. The molecule has 152 valence electrons. The summed E-state index contributed by atoms with van der Waals surface area (Å²) in [6.45, 7) is 2.41. The van der Waals surface area contributed by atoms with Gasteiger partial charge in [-0.1, -0.05) is 17.7 Å². The molecule has 1 N–H and O–H groups in total. The molecular weight excluding hydrogens is 400 g/mol. The number of rotatable bonds is 6. The van der Waals surface area contributed by atoms with Crippen molar-refractivity contribution in [1.29, 1.82) is 0 Å². The van der Waals surface area contributed by atoms with Crippen molar-refractivity contribution < 1.29 is 21.6 Å². The van der Waals surface area contributed by atoms with Crippen LogP contribution in [0, 0.1) is 6.92 Å². The SMILES string of the molecule is COc1ccc(S(=O)(=O)N2CCC(NS(=O)(=O)c3ccc(C)cc3)CC2)cc1. The smallest absolute Gasteiger partial charge is 0.243 e. The normalized spacial score (nSPS) is 16.8. The second kappa shape index (κ2) is 8.20. The summed E-state index contributed by atoms with van der Waals surface area (Å²) in [6, 6.07) is 12.6. The number of ether oxygens (including phenoxy) is 1. The number of benzene rings is 2. The number of hydrogen-bond acceptors (Lipinski definition) is 5. The number of aryl methyl sites for hydroxylation is 1. The molecule has 1 aliphatic rings. The van der Waals surface area contributed by atoms with Gasteiger partial charge in [0.15, 0.2) is 0 Å². The van der Waals surface area contributed by atoms with E-state index in [0.717, 1.165) is 5.56 Å². The molecule has 0 bridgehead atoms. The minimum atomic E-state index is -3.62. The third-order valence-corrected chi connectivity index (χ3v) is 8.25. The summed E-state index contributed by atoms with van der Waals surface area (Å²) in [4.78, 5) is 0.415. The number of hydrogen-bond donors (Lipinski definition) is 1. The van der Waals surface area contributed by atoms with E-state index >= 15 is 0 Å². The Morgan fingerprint density at radius 3 is 1.96 bits per heavy atom. The number of nitrogens with zero attached hydrogens (tertiary/aromatic N) is 1. The van der Waals surface area contributed by atoms with Crippen molar-refractivity contribution in [3.8, 4) is 5.75 Å². The van der Waals surface area contributed by atoms with E-state index in [1.807, 2.05) is 6.92 Å². The predicted octanol–water partition coefficient (Wildman–Crippen LogP) is 2.14. The Hall–Kier alpha value is -1.94. The lowest BCUT2D eigenvalue weighted by Crippen LogP contribution is -2.46. The molecular formula is C19H24N2O5S2. The quantitative estimate of drug-likeness (QED) is 0.767. The van der Waals surface area contributed by atoms with E-state index in [1.165, 1.54) is 23.5 Å². The van der Waals surface area contributed by atoms with Crippen LogP contribution in [0.1, 0.15) is 18.4 Å². The minimum Gasteiger partial charge on any atom is -0.497 e. The zero-order chi connectivity index (χ0) is 20.4. The van der Waals surface area contributed by atoms with E-state index < -0.39 is 20.0 Å². The molecule has 0 atom stereocenters. The molecule has 1 fully saturated rings. The van der Waals surface area contributed by atoms with Crippen molar-refractivity contribution in [2.45, 2.75) is 35.6 Å². The van der Waals surface area contributed by atoms with Gasteiger partial charge >= 0.3 is 0 Å². The number of piperidine rings is 1. The number of methoxy groups -OCH3 is 1. The third kappa shape index (κ3) is 4.54. The van der Waals surface area contributed by atoms with E-state index in [4.69, 9.17) is 4.74 Å². The standard InChI is InChI=1S/C19H24N2O5S2/c1-15-3-7-18(8-4-15)27(22,23)20-16-11-13-21(14-12-16)28(24,25)19-9-5-17(26-2)6-10-19/h3-10,16,20H,11-14H2,1-2H3. The fourth-order valence-electron chi connectivity index (χ4n) is 3.12. The highest BCUT2D eigenvalue weighted by Gasteiger charge is 2.31. The third-order valence-electron chi connectivity index (χ3n) is 4.80. The lowest BCUT2D eigenvalue weighted by atomic mass is 10.1. The maximum absolute atomic E-state index is 12.8. The maximum Gasteiger partial charge on any atom is 0.243 e. The van der Waals surface area contributed by atoms with E-state index in [9.17, 15) is 16.8 Å². The van der Waals surface area contributed by atoms with Crippen molar-refractivity contribution in [1.82, 2.24) is 9.03 Å². The molecule has 3 rings (SSSR count). The molecule has 9 heteroatoms. The lowest BCUT2D eigenvalue weighted by Gasteiger charge is -2.31. The highest BCUT2D eigenvalue weighted by molar-refractivity contribution is 7.89. The number of nitrogens with one attached hydrogen (secondary N) is 1. The summed E-state index contributed by atoms with van der Waals surface area (Å²) >= 11 is 0. The summed E-state index contributed by atoms with van der Waals surface area (Å²) in [5, 5.41) is 0.